The Morgan fingerprint density at radius 1 is 0.844 bits per heavy atom. The van der Waals surface area contributed by atoms with E-state index < -0.39 is 0 Å². The highest BCUT2D eigenvalue weighted by Crippen LogP contribution is 2.42. The summed E-state index contributed by atoms with van der Waals surface area (Å²) in [6, 6.07) is 21.2. The smallest absolute Gasteiger partial charge is 0.282 e. The van der Waals surface area contributed by atoms with Crippen molar-refractivity contribution in [1.82, 2.24) is 0 Å². The fourth-order valence-electron chi connectivity index (χ4n) is 4.71. The number of rotatable bonds is 4. The maximum atomic E-state index is 13.9. The Hall–Kier alpha value is -3.86. The molecule has 160 valence electrons. The quantitative estimate of drug-likeness (QED) is 0.572. The molecule has 0 aromatic heterocycles. The first-order valence-electron chi connectivity index (χ1n) is 10.7. The number of ether oxygens (including phenoxy) is 1. The van der Waals surface area contributed by atoms with E-state index >= 15 is 0 Å². The van der Waals surface area contributed by atoms with Crippen LogP contribution in [-0.2, 0) is 16.0 Å². The second-order valence-electron chi connectivity index (χ2n) is 8.19. The Kier molecular flexibility index (Phi) is 4.82. The number of hydrogen-bond donors (Lipinski definition) is 0. The molecule has 3 aromatic carbocycles. The lowest BCUT2D eigenvalue weighted by Crippen LogP contribution is -2.35. The Morgan fingerprint density at radius 3 is 2.38 bits per heavy atom. The summed E-state index contributed by atoms with van der Waals surface area (Å²) in [5.74, 6) is -0.0680. The molecule has 2 aliphatic rings. The Labute approximate surface area is 187 Å². The second kappa shape index (κ2) is 7.68. The van der Waals surface area contributed by atoms with Gasteiger partial charge in [-0.1, -0.05) is 54.1 Å². The van der Waals surface area contributed by atoms with Gasteiger partial charge >= 0.3 is 0 Å². The molecule has 0 saturated carbocycles. The van der Waals surface area contributed by atoms with E-state index in [1.54, 1.807) is 7.11 Å². The van der Waals surface area contributed by atoms with Crippen LogP contribution in [0.2, 0.25) is 0 Å². The monoisotopic (exact) mass is 424 g/mol. The lowest BCUT2D eigenvalue weighted by atomic mass is 10.0. The van der Waals surface area contributed by atoms with Gasteiger partial charge in [0, 0.05) is 17.8 Å². The molecule has 0 N–H and O–H groups in total. The number of anilines is 2. The summed E-state index contributed by atoms with van der Waals surface area (Å²) in [5, 5.41) is 0. The highest BCUT2D eigenvalue weighted by molar-refractivity contribution is 6.46. The summed E-state index contributed by atoms with van der Waals surface area (Å²) in [7, 11) is 1.58. The maximum absolute atomic E-state index is 13.9. The van der Waals surface area contributed by atoms with Crippen LogP contribution >= 0.6 is 0 Å². The average Bonchev–Trinajstić information content (AvgIpc) is 3.32. The second-order valence-corrected chi connectivity index (χ2v) is 8.19. The van der Waals surface area contributed by atoms with Gasteiger partial charge in [0.2, 0.25) is 0 Å². The highest BCUT2D eigenvalue weighted by Gasteiger charge is 2.45. The van der Waals surface area contributed by atoms with Crippen LogP contribution in [0.1, 0.15) is 22.3 Å². The van der Waals surface area contributed by atoms with Crippen LogP contribution in [0.15, 0.2) is 72.4 Å². The molecule has 32 heavy (non-hydrogen) atoms. The predicted octanol–water partition coefficient (Wildman–Crippen LogP) is 4.66. The largest absolute Gasteiger partial charge is 0.496 e. The van der Waals surface area contributed by atoms with Crippen LogP contribution in [-0.4, -0.2) is 25.5 Å². The number of fused-ring (bicyclic) bond motifs is 1. The third-order valence-electron chi connectivity index (χ3n) is 6.19. The molecule has 0 bridgehead atoms. The maximum Gasteiger partial charge on any atom is 0.282 e. The molecule has 5 nitrogen and oxygen atoms in total. The summed E-state index contributed by atoms with van der Waals surface area (Å²) in [6.45, 7) is 4.57. The van der Waals surface area contributed by atoms with Crippen LogP contribution < -0.4 is 14.5 Å². The van der Waals surface area contributed by atoms with Crippen molar-refractivity contribution in [2.24, 2.45) is 0 Å². The van der Waals surface area contributed by atoms with E-state index in [0.717, 1.165) is 23.2 Å². The van der Waals surface area contributed by atoms with Crippen LogP contribution in [0, 0.1) is 13.8 Å². The van der Waals surface area contributed by atoms with Gasteiger partial charge in [-0.25, -0.2) is 4.90 Å². The van der Waals surface area contributed by atoms with Gasteiger partial charge in [0.15, 0.2) is 0 Å². The van der Waals surface area contributed by atoms with Crippen LogP contribution in [0.5, 0.6) is 5.75 Å². The molecule has 0 radical (unpaired) electrons. The van der Waals surface area contributed by atoms with Gasteiger partial charge in [-0.15, -0.1) is 0 Å². The van der Waals surface area contributed by atoms with Gasteiger partial charge in [0.25, 0.3) is 11.8 Å². The number of aryl methyl sites for hydroxylation is 2. The van der Waals surface area contributed by atoms with E-state index in [-0.39, 0.29) is 11.8 Å². The molecule has 0 saturated heterocycles. The minimum absolute atomic E-state index is 0.306. The summed E-state index contributed by atoms with van der Waals surface area (Å²) in [4.78, 5) is 31.1. The first kappa shape index (κ1) is 20.1. The zero-order valence-electron chi connectivity index (χ0n) is 18.4. The van der Waals surface area contributed by atoms with Gasteiger partial charge in [0.1, 0.15) is 11.4 Å². The van der Waals surface area contributed by atoms with Crippen molar-refractivity contribution < 1.29 is 14.3 Å². The molecular weight excluding hydrogens is 400 g/mol. The molecule has 0 fully saturated rings. The van der Waals surface area contributed by atoms with E-state index in [1.165, 1.54) is 10.5 Å². The summed E-state index contributed by atoms with van der Waals surface area (Å²) < 4.78 is 5.57. The number of para-hydroxylation sites is 2. The molecule has 0 spiro atoms. The van der Waals surface area contributed by atoms with Crippen molar-refractivity contribution in [2.75, 3.05) is 23.5 Å². The molecule has 5 heteroatoms. The number of methoxy groups -OCH3 is 1. The fraction of sp³-hybridized carbons (Fsp3) is 0.185. The molecule has 3 aromatic rings. The third-order valence-corrected chi connectivity index (χ3v) is 6.19. The van der Waals surface area contributed by atoms with E-state index in [9.17, 15) is 9.59 Å². The molecular formula is C27H24N2O3. The number of amides is 2. The Bertz CT molecular complexity index is 1290. The van der Waals surface area contributed by atoms with E-state index in [2.05, 4.69) is 6.07 Å². The van der Waals surface area contributed by atoms with Crippen molar-refractivity contribution in [2.45, 2.75) is 20.3 Å². The minimum Gasteiger partial charge on any atom is -0.496 e. The van der Waals surface area contributed by atoms with Gasteiger partial charge < -0.3 is 9.64 Å². The van der Waals surface area contributed by atoms with Gasteiger partial charge in [-0.3, -0.25) is 9.59 Å². The number of imide groups is 1. The average molecular weight is 425 g/mol. The number of nitrogens with zero attached hydrogens (tertiary/aromatic N) is 2. The van der Waals surface area contributed by atoms with Crippen LogP contribution in [0.25, 0.3) is 5.57 Å². The van der Waals surface area contributed by atoms with Crippen molar-refractivity contribution in [1.29, 1.82) is 0 Å². The SMILES string of the molecule is COc1ccccc1C1=C(N2CCc3ccccc32)C(=O)N(c2ccc(C)cc2C)C1=O. The molecule has 2 amide bonds. The Morgan fingerprint density at radius 2 is 1.59 bits per heavy atom. The van der Waals surface area contributed by atoms with Crippen LogP contribution in [0.3, 0.4) is 0 Å². The highest BCUT2D eigenvalue weighted by atomic mass is 16.5. The fourth-order valence-corrected chi connectivity index (χ4v) is 4.71. The summed E-state index contributed by atoms with van der Waals surface area (Å²) in [6.07, 6.45) is 0.823. The zero-order chi connectivity index (χ0) is 22.4. The summed E-state index contributed by atoms with van der Waals surface area (Å²) >= 11 is 0. The standard InChI is InChI=1S/C27H24N2O3/c1-17-12-13-21(18(2)16-17)29-26(30)24(20-9-5-7-11-23(20)32-3)25(27(29)31)28-15-14-19-8-4-6-10-22(19)28/h4-13,16H,14-15H2,1-3H3. The number of carbonyl (C=O) groups is 2. The van der Waals surface area contributed by atoms with Crippen LogP contribution in [0.4, 0.5) is 11.4 Å². The van der Waals surface area contributed by atoms with E-state index in [0.29, 0.717) is 34.8 Å². The first-order chi connectivity index (χ1) is 15.5. The zero-order valence-corrected chi connectivity index (χ0v) is 18.4. The molecule has 2 heterocycles. The Balaban J connectivity index is 1.73. The van der Waals surface area contributed by atoms with Crippen molar-refractivity contribution >= 4 is 28.8 Å². The first-order valence-corrected chi connectivity index (χ1v) is 10.7. The predicted molar refractivity (Wildman–Crippen MR) is 126 cm³/mol. The summed E-state index contributed by atoms with van der Waals surface area (Å²) in [5.41, 5.74) is 6.13. The van der Waals surface area contributed by atoms with E-state index in [1.807, 2.05) is 79.4 Å². The van der Waals surface area contributed by atoms with Crippen molar-refractivity contribution in [3.05, 3.63) is 94.7 Å². The van der Waals surface area contributed by atoms with Crippen molar-refractivity contribution in [3.63, 3.8) is 0 Å². The topological polar surface area (TPSA) is 49.9 Å². The van der Waals surface area contributed by atoms with E-state index in [4.69, 9.17) is 4.74 Å². The molecule has 0 unspecified atom stereocenters. The molecule has 0 atom stereocenters. The van der Waals surface area contributed by atoms with Crippen molar-refractivity contribution in [3.8, 4) is 5.75 Å². The number of hydrogen-bond acceptors (Lipinski definition) is 4. The van der Waals surface area contributed by atoms with Gasteiger partial charge in [0.05, 0.1) is 18.4 Å². The lowest BCUT2D eigenvalue weighted by molar-refractivity contribution is -0.120. The third kappa shape index (κ3) is 3.01. The molecule has 5 rings (SSSR count). The van der Waals surface area contributed by atoms with Gasteiger partial charge in [-0.05, 0) is 49.6 Å². The molecule has 2 aliphatic heterocycles. The van der Waals surface area contributed by atoms with Gasteiger partial charge in [-0.2, -0.15) is 0 Å². The lowest BCUT2D eigenvalue weighted by Gasteiger charge is -2.22. The normalized spacial score (nSPS) is 15.6. The number of benzene rings is 3. The minimum atomic E-state index is -0.328. The molecule has 0 aliphatic carbocycles. The number of carbonyl (C=O) groups excluding carboxylic acids is 2.